The van der Waals surface area contributed by atoms with Gasteiger partial charge in [0, 0.05) is 5.56 Å². The first-order valence-corrected chi connectivity index (χ1v) is 7.42. The van der Waals surface area contributed by atoms with Gasteiger partial charge in [-0.15, -0.1) is 0 Å². The van der Waals surface area contributed by atoms with Crippen molar-refractivity contribution in [3.8, 4) is 0 Å². The van der Waals surface area contributed by atoms with Crippen molar-refractivity contribution < 1.29 is 23.9 Å². The molecule has 0 bridgehead atoms. The van der Waals surface area contributed by atoms with Gasteiger partial charge in [0.05, 0.1) is 5.69 Å². The first-order valence-electron chi connectivity index (χ1n) is 7.42. The number of imide groups is 1. The van der Waals surface area contributed by atoms with E-state index in [0.29, 0.717) is 11.3 Å². The molecule has 1 saturated heterocycles. The molecule has 126 valence electrons. The smallest absolute Gasteiger partial charge is 0.326 e. The summed E-state index contributed by atoms with van der Waals surface area (Å²) >= 11 is 0. The zero-order chi connectivity index (χ0) is 17.7. The van der Waals surface area contributed by atoms with Crippen molar-refractivity contribution in [2.75, 3.05) is 11.4 Å². The summed E-state index contributed by atoms with van der Waals surface area (Å²) in [6.45, 7) is 4.81. The summed E-state index contributed by atoms with van der Waals surface area (Å²) in [5.41, 5.74) is -1.79. The molecule has 8 heteroatoms. The van der Waals surface area contributed by atoms with Crippen LogP contribution in [0.25, 0.3) is 0 Å². The number of rotatable bonds is 2. The zero-order valence-electron chi connectivity index (χ0n) is 13.5. The molecule has 0 radical (unpaired) electrons. The Morgan fingerprint density at radius 1 is 1.21 bits per heavy atom. The van der Waals surface area contributed by atoms with Crippen LogP contribution in [-0.2, 0) is 24.7 Å². The van der Waals surface area contributed by atoms with Crippen LogP contribution in [-0.4, -0.2) is 36.0 Å². The van der Waals surface area contributed by atoms with Gasteiger partial charge in [0.25, 0.3) is 11.8 Å². The van der Waals surface area contributed by atoms with E-state index in [9.17, 15) is 19.2 Å². The SMILES string of the molecule is CC(C)(C)OC(=O)CN1C(=O)C2(NC(=O)NC2=O)c2ccccc21. The van der Waals surface area contributed by atoms with Crippen molar-refractivity contribution in [3.63, 3.8) is 0 Å². The van der Waals surface area contributed by atoms with Crippen molar-refractivity contribution >= 4 is 29.5 Å². The second-order valence-corrected chi connectivity index (χ2v) is 6.65. The summed E-state index contributed by atoms with van der Waals surface area (Å²) in [6.07, 6.45) is 0. The molecule has 8 nitrogen and oxygen atoms in total. The number of urea groups is 1. The lowest BCUT2D eigenvalue weighted by Crippen LogP contribution is -2.53. The van der Waals surface area contributed by atoms with E-state index in [1.165, 1.54) is 0 Å². The van der Waals surface area contributed by atoms with Gasteiger partial charge in [0.1, 0.15) is 12.1 Å². The lowest BCUT2D eigenvalue weighted by molar-refractivity contribution is -0.154. The molecule has 0 saturated carbocycles. The van der Waals surface area contributed by atoms with Crippen molar-refractivity contribution in [2.45, 2.75) is 31.9 Å². The highest BCUT2D eigenvalue weighted by atomic mass is 16.6. The Morgan fingerprint density at radius 3 is 2.46 bits per heavy atom. The minimum Gasteiger partial charge on any atom is -0.459 e. The largest absolute Gasteiger partial charge is 0.459 e. The van der Waals surface area contributed by atoms with E-state index >= 15 is 0 Å². The fourth-order valence-electron chi connectivity index (χ4n) is 2.91. The molecule has 24 heavy (non-hydrogen) atoms. The van der Waals surface area contributed by atoms with Crippen LogP contribution in [0.3, 0.4) is 0 Å². The van der Waals surface area contributed by atoms with Crippen LogP contribution in [0.15, 0.2) is 24.3 Å². The van der Waals surface area contributed by atoms with Crippen LogP contribution >= 0.6 is 0 Å². The molecule has 0 aliphatic carbocycles. The number of amides is 4. The molecule has 1 unspecified atom stereocenters. The number of hydrogen-bond acceptors (Lipinski definition) is 5. The van der Waals surface area contributed by atoms with Gasteiger partial charge < -0.3 is 10.1 Å². The summed E-state index contributed by atoms with van der Waals surface area (Å²) in [6, 6.07) is 5.78. The highest BCUT2D eigenvalue weighted by molar-refractivity contribution is 6.28. The normalized spacial score (nSPS) is 22.5. The number of benzene rings is 1. The summed E-state index contributed by atoms with van der Waals surface area (Å²) in [4.78, 5) is 50.0. The third-order valence-electron chi connectivity index (χ3n) is 3.74. The number of hydrogen-bond donors (Lipinski definition) is 2. The Labute approximate surface area is 138 Å². The van der Waals surface area contributed by atoms with E-state index < -0.39 is 35.0 Å². The maximum atomic E-state index is 12.9. The zero-order valence-corrected chi connectivity index (χ0v) is 13.5. The van der Waals surface area contributed by atoms with E-state index in [0.717, 1.165) is 4.90 Å². The Hall–Kier alpha value is -2.90. The number of para-hydroxylation sites is 1. The lowest BCUT2D eigenvalue weighted by atomic mass is 9.92. The van der Waals surface area contributed by atoms with Gasteiger partial charge in [0.15, 0.2) is 0 Å². The fraction of sp³-hybridized carbons (Fsp3) is 0.375. The molecule has 2 aliphatic rings. The van der Waals surface area contributed by atoms with Crippen LogP contribution in [0, 0.1) is 0 Å². The molecular formula is C16H17N3O5. The highest BCUT2D eigenvalue weighted by Gasteiger charge is 2.61. The lowest BCUT2D eigenvalue weighted by Gasteiger charge is -2.23. The number of nitrogens with zero attached hydrogens (tertiary/aromatic N) is 1. The van der Waals surface area contributed by atoms with Crippen LogP contribution < -0.4 is 15.5 Å². The van der Waals surface area contributed by atoms with Gasteiger partial charge >= 0.3 is 12.0 Å². The number of fused-ring (bicyclic) bond motifs is 2. The summed E-state index contributed by atoms with van der Waals surface area (Å²) < 4.78 is 5.24. The van der Waals surface area contributed by atoms with Gasteiger partial charge in [-0.2, -0.15) is 0 Å². The van der Waals surface area contributed by atoms with E-state index in [1.807, 2.05) is 0 Å². The van der Waals surface area contributed by atoms with Crippen LogP contribution in [0.5, 0.6) is 0 Å². The second kappa shape index (κ2) is 5.05. The molecule has 1 aromatic rings. The fourth-order valence-corrected chi connectivity index (χ4v) is 2.91. The van der Waals surface area contributed by atoms with Crippen molar-refractivity contribution in [2.24, 2.45) is 0 Å². The molecule has 1 spiro atoms. The molecule has 1 atom stereocenters. The topological polar surface area (TPSA) is 105 Å². The number of ether oxygens (including phenoxy) is 1. The molecule has 1 fully saturated rings. The number of esters is 1. The molecular weight excluding hydrogens is 314 g/mol. The number of nitrogens with one attached hydrogen (secondary N) is 2. The van der Waals surface area contributed by atoms with Gasteiger partial charge in [-0.1, -0.05) is 18.2 Å². The monoisotopic (exact) mass is 331 g/mol. The third-order valence-corrected chi connectivity index (χ3v) is 3.74. The Balaban J connectivity index is 1.99. The number of anilines is 1. The number of carbonyl (C=O) groups excluding carboxylic acids is 4. The van der Waals surface area contributed by atoms with E-state index in [-0.39, 0.29) is 6.54 Å². The van der Waals surface area contributed by atoms with Crippen LogP contribution in [0.1, 0.15) is 26.3 Å². The second-order valence-electron chi connectivity index (χ2n) is 6.65. The van der Waals surface area contributed by atoms with Crippen molar-refractivity contribution in [1.29, 1.82) is 0 Å². The number of carbonyl (C=O) groups is 4. The standard InChI is InChI=1S/C16H17N3O5/c1-15(2,3)24-11(20)8-19-10-7-5-4-6-9(10)16(13(19)22)12(21)17-14(23)18-16/h4-7H,8H2,1-3H3,(H2,17,18,21,23). The van der Waals surface area contributed by atoms with Gasteiger partial charge in [-0.3, -0.25) is 24.6 Å². The van der Waals surface area contributed by atoms with E-state index in [4.69, 9.17) is 4.74 Å². The van der Waals surface area contributed by atoms with E-state index in [1.54, 1.807) is 45.0 Å². The molecule has 3 rings (SSSR count). The highest BCUT2D eigenvalue weighted by Crippen LogP contribution is 2.41. The Morgan fingerprint density at radius 2 is 1.88 bits per heavy atom. The maximum absolute atomic E-state index is 12.9. The summed E-state index contributed by atoms with van der Waals surface area (Å²) in [5.74, 6) is -2.04. The van der Waals surface area contributed by atoms with Gasteiger partial charge in [-0.25, -0.2) is 4.79 Å². The first-order chi connectivity index (χ1) is 11.1. The molecule has 0 aromatic heterocycles. The minimum atomic E-state index is -1.82. The Kier molecular flexibility index (Phi) is 3.36. The maximum Gasteiger partial charge on any atom is 0.326 e. The minimum absolute atomic E-state index is 0.335. The van der Waals surface area contributed by atoms with Gasteiger partial charge in [-0.05, 0) is 26.8 Å². The molecule has 1 aromatic carbocycles. The molecule has 2 N–H and O–H groups in total. The summed E-state index contributed by atoms with van der Waals surface area (Å²) in [5, 5.41) is 4.47. The van der Waals surface area contributed by atoms with Crippen molar-refractivity contribution in [3.05, 3.63) is 29.8 Å². The summed E-state index contributed by atoms with van der Waals surface area (Å²) in [7, 11) is 0. The third kappa shape index (κ3) is 2.31. The predicted molar refractivity (Wildman–Crippen MR) is 83.0 cm³/mol. The average Bonchev–Trinajstić information content (AvgIpc) is 2.88. The molecule has 4 amide bonds. The Bertz CT molecular complexity index is 767. The molecule has 2 aliphatic heterocycles. The van der Waals surface area contributed by atoms with Crippen LogP contribution in [0.2, 0.25) is 0 Å². The predicted octanol–water partition coefficient (Wildman–Crippen LogP) is 0.410. The first kappa shape index (κ1) is 16.0. The van der Waals surface area contributed by atoms with Gasteiger partial charge in [0.2, 0.25) is 5.54 Å². The van der Waals surface area contributed by atoms with Crippen molar-refractivity contribution in [1.82, 2.24) is 10.6 Å². The molecule has 2 heterocycles. The van der Waals surface area contributed by atoms with E-state index in [2.05, 4.69) is 10.6 Å². The average molecular weight is 331 g/mol. The quantitative estimate of drug-likeness (QED) is 0.464. The van der Waals surface area contributed by atoms with Crippen LogP contribution in [0.4, 0.5) is 10.5 Å².